The predicted octanol–water partition coefficient (Wildman–Crippen LogP) is 3.73. The van der Waals surface area contributed by atoms with Crippen LogP contribution in [0.4, 0.5) is 5.69 Å². The minimum atomic E-state index is -0.635. The second-order valence-electron chi connectivity index (χ2n) is 7.96. The molecular formula is C23H30N2O. The summed E-state index contributed by atoms with van der Waals surface area (Å²) >= 11 is 0. The van der Waals surface area contributed by atoms with Crippen molar-refractivity contribution in [2.75, 3.05) is 37.6 Å². The maximum atomic E-state index is 11.0. The Morgan fingerprint density at radius 2 is 1.73 bits per heavy atom. The normalized spacial score (nSPS) is 19.5. The summed E-state index contributed by atoms with van der Waals surface area (Å²) in [6, 6.07) is 17.0. The molecule has 0 amide bonds. The monoisotopic (exact) mass is 350 g/mol. The van der Waals surface area contributed by atoms with E-state index in [1.54, 1.807) is 0 Å². The number of piperidine rings is 1. The van der Waals surface area contributed by atoms with E-state index < -0.39 is 5.60 Å². The Hall–Kier alpha value is -1.84. The van der Waals surface area contributed by atoms with Gasteiger partial charge in [0, 0.05) is 31.9 Å². The third-order valence-corrected chi connectivity index (χ3v) is 6.12. The molecular weight excluding hydrogens is 320 g/mol. The maximum absolute atomic E-state index is 11.0. The lowest BCUT2D eigenvalue weighted by Crippen LogP contribution is -2.43. The van der Waals surface area contributed by atoms with Crippen LogP contribution in [0.1, 0.15) is 36.0 Å². The second-order valence-corrected chi connectivity index (χ2v) is 7.96. The fraction of sp³-hybridized carbons (Fsp3) is 0.478. The van der Waals surface area contributed by atoms with E-state index in [2.05, 4.69) is 47.1 Å². The standard InChI is InChI=1S/C23H30N2O/c1-19-8-9-22-20(18-19)10-15-25(22)14-5-13-24-16-11-23(26,12-17-24)21-6-3-2-4-7-21/h2-4,6-9,18,26H,5,10-17H2,1H3. The average molecular weight is 351 g/mol. The van der Waals surface area contributed by atoms with E-state index in [4.69, 9.17) is 0 Å². The Bertz CT molecular complexity index is 735. The predicted molar refractivity (Wildman–Crippen MR) is 108 cm³/mol. The van der Waals surface area contributed by atoms with Crippen molar-refractivity contribution in [1.29, 1.82) is 0 Å². The van der Waals surface area contributed by atoms with Crippen LogP contribution in [0.25, 0.3) is 0 Å². The van der Waals surface area contributed by atoms with Gasteiger partial charge in [-0.05, 0) is 56.3 Å². The van der Waals surface area contributed by atoms with Gasteiger partial charge in [-0.25, -0.2) is 0 Å². The highest BCUT2D eigenvalue weighted by molar-refractivity contribution is 5.58. The molecule has 2 aliphatic heterocycles. The summed E-state index contributed by atoms with van der Waals surface area (Å²) in [6.45, 7) is 7.57. The second kappa shape index (κ2) is 7.42. The first-order valence-electron chi connectivity index (χ1n) is 9.99. The highest BCUT2D eigenvalue weighted by Crippen LogP contribution is 2.33. The quantitative estimate of drug-likeness (QED) is 0.890. The highest BCUT2D eigenvalue weighted by atomic mass is 16.3. The van der Waals surface area contributed by atoms with Gasteiger partial charge in [0.15, 0.2) is 0 Å². The highest BCUT2D eigenvalue weighted by Gasteiger charge is 2.33. The van der Waals surface area contributed by atoms with Crippen molar-refractivity contribution in [2.24, 2.45) is 0 Å². The van der Waals surface area contributed by atoms with E-state index in [0.29, 0.717) is 0 Å². The number of benzene rings is 2. The summed E-state index contributed by atoms with van der Waals surface area (Å²) in [5.74, 6) is 0. The van der Waals surface area contributed by atoms with E-state index in [-0.39, 0.29) is 0 Å². The number of hydrogen-bond donors (Lipinski definition) is 1. The molecule has 3 heteroatoms. The van der Waals surface area contributed by atoms with Gasteiger partial charge in [0.25, 0.3) is 0 Å². The van der Waals surface area contributed by atoms with Crippen molar-refractivity contribution in [1.82, 2.24) is 4.90 Å². The van der Waals surface area contributed by atoms with Crippen molar-refractivity contribution in [3.63, 3.8) is 0 Å². The molecule has 2 aliphatic rings. The summed E-state index contributed by atoms with van der Waals surface area (Å²) in [6.07, 6.45) is 4.05. The molecule has 2 aromatic rings. The van der Waals surface area contributed by atoms with Crippen LogP contribution in [0.3, 0.4) is 0 Å². The van der Waals surface area contributed by atoms with Crippen LogP contribution in [-0.4, -0.2) is 42.7 Å². The van der Waals surface area contributed by atoms with Crippen LogP contribution in [0, 0.1) is 6.92 Å². The zero-order valence-electron chi connectivity index (χ0n) is 15.8. The minimum Gasteiger partial charge on any atom is -0.385 e. The molecule has 0 unspecified atom stereocenters. The van der Waals surface area contributed by atoms with E-state index in [9.17, 15) is 5.11 Å². The zero-order valence-corrected chi connectivity index (χ0v) is 15.8. The van der Waals surface area contributed by atoms with E-state index in [1.165, 1.54) is 29.7 Å². The van der Waals surface area contributed by atoms with E-state index >= 15 is 0 Å². The molecule has 0 bridgehead atoms. The fourth-order valence-electron chi connectivity index (χ4n) is 4.50. The van der Waals surface area contributed by atoms with Gasteiger partial charge in [0.1, 0.15) is 0 Å². The van der Waals surface area contributed by atoms with Crippen LogP contribution < -0.4 is 4.90 Å². The lowest BCUT2D eigenvalue weighted by atomic mass is 9.84. The van der Waals surface area contributed by atoms with Crippen molar-refractivity contribution in [2.45, 2.75) is 38.2 Å². The third kappa shape index (κ3) is 3.65. The summed E-state index contributed by atoms with van der Waals surface area (Å²) in [7, 11) is 0. The Labute approximate surface area is 157 Å². The largest absolute Gasteiger partial charge is 0.385 e. The number of hydrogen-bond acceptors (Lipinski definition) is 3. The zero-order chi connectivity index (χ0) is 18.0. The fourth-order valence-corrected chi connectivity index (χ4v) is 4.50. The number of rotatable bonds is 5. The number of aliphatic hydroxyl groups is 1. The van der Waals surface area contributed by atoms with Crippen LogP contribution in [0.2, 0.25) is 0 Å². The average Bonchev–Trinajstić information content (AvgIpc) is 3.06. The van der Waals surface area contributed by atoms with Crippen molar-refractivity contribution in [3.8, 4) is 0 Å². The number of nitrogens with zero attached hydrogens (tertiary/aromatic N) is 2. The van der Waals surface area contributed by atoms with Gasteiger partial charge in [-0.2, -0.15) is 0 Å². The summed E-state index contributed by atoms with van der Waals surface area (Å²) in [4.78, 5) is 5.06. The number of aryl methyl sites for hydroxylation is 1. The molecule has 2 aromatic carbocycles. The van der Waals surface area contributed by atoms with Crippen molar-refractivity contribution < 1.29 is 5.11 Å². The molecule has 0 atom stereocenters. The molecule has 138 valence electrons. The molecule has 0 radical (unpaired) electrons. The molecule has 2 heterocycles. The molecule has 1 N–H and O–H groups in total. The molecule has 0 aliphatic carbocycles. The lowest BCUT2D eigenvalue weighted by molar-refractivity contribution is -0.0258. The third-order valence-electron chi connectivity index (χ3n) is 6.12. The van der Waals surface area contributed by atoms with Crippen LogP contribution in [0.15, 0.2) is 48.5 Å². The number of anilines is 1. The van der Waals surface area contributed by atoms with Gasteiger partial charge >= 0.3 is 0 Å². The first kappa shape index (κ1) is 17.6. The number of fused-ring (bicyclic) bond motifs is 1. The van der Waals surface area contributed by atoms with Crippen molar-refractivity contribution >= 4 is 5.69 Å². The maximum Gasteiger partial charge on any atom is 0.0920 e. The van der Waals surface area contributed by atoms with Crippen LogP contribution in [0.5, 0.6) is 0 Å². The van der Waals surface area contributed by atoms with Gasteiger partial charge in [-0.1, -0.05) is 48.0 Å². The molecule has 1 fully saturated rings. The summed E-state index contributed by atoms with van der Waals surface area (Å²) in [5.41, 5.74) is 4.75. The molecule has 4 rings (SSSR count). The van der Waals surface area contributed by atoms with Crippen LogP contribution >= 0.6 is 0 Å². The topological polar surface area (TPSA) is 26.7 Å². The lowest BCUT2D eigenvalue weighted by Gasteiger charge is -2.38. The van der Waals surface area contributed by atoms with Gasteiger partial charge in [-0.3, -0.25) is 0 Å². The van der Waals surface area contributed by atoms with Crippen molar-refractivity contribution in [3.05, 3.63) is 65.2 Å². The minimum absolute atomic E-state index is 0.635. The van der Waals surface area contributed by atoms with E-state index in [1.807, 2.05) is 18.2 Å². The first-order valence-corrected chi connectivity index (χ1v) is 9.99. The van der Waals surface area contributed by atoms with E-state index in [0.717, 1.165) is 51.1 Å². The molecule has 0 spiro atoms. The Balaban J connectivity index is 1.25. The molecule has 0 saturated carbocycles. The first-order chi connectivity index (χ1) is 12.6. The van der Waals surface area contributed by atoms with Gasteiger partial charge in [-0.15, -0.1) is 0 Å². The molecule has 1 saturated heterocycles. The Kier molecular flexibility index (Phi) is 5.01. The SMILES string of the molecule is Cc1ccc2c(c1)CCN2CCCN1CCC(O)(c2ccccc2)CC1. The van der Waals surface area contributed by atoms with Gasteiger partial charge < -0.3 is 14.9 Å². The Morgan fingerprint density at radius 1 is 0.962 bits per heavy atom. The summed E-state index contributed by atoms with van der Waals surface area (Å²) < 4.78 is 0. The number of likely N-dealkylation sites (tertiary alicyclic amines) is 1. The Morgan fingerprint density at radius 3 is 2.50 bits per heavy atom. The molecule has 26 heavy (non-hydrogen) atoms. The van der Waals surface area contributed by atoms with Gasteiger partial charge in [0.05, 0.1) is 5.60 Å². The molecule has 0 aromatic heterocycles. The summed E-state index contributed by atoms with van der Waals surface area (Å²) in [5, 5.41) is 11.0. The van der Waals surface area contributed by atoms with Gasteiger partial charge in [0.2, 0.25) is 0 Å². The molecule has 3 nitrogen and oxygen atoms in total. The smallest absolute Gasteiger partial charge is 0.0920 e. The van der Waals surface area contributed by atoms with Crippen LogP contribution in [-0.2, 0) is 12.0 Å².